The predicted octanol–water partition coefficient (Wildman–Crippen LogP) is 3.80. The number of piperazine rings is 1. The van der Waals surface area contributed by atoms with Gasteiger partial charge in [0, 0.05) is 31.7 Å². The van der Waals surface area contributed by atoms with Crippen molar-refractivity contribution >= 4 is 11.7 Å². The summed E-state index contributed by atoms with van der Waals surface area (Å²) in [7, 11) is 0. The van der Waals surface area contributed by atoms with E-state index in [4.69, 9.17) is 4.74 Å². The van der Waals surface area contributed by atoms with Crippen LogP contribution in [-0.2, 0) is 4.79 Å². The number of benzene rings is 2. The summed E-state index contributed by atoms with van der Waals surface area (Å²) in [6.45, 7) is 8.98. The molecule has 2 aromatic carbocycles. The average molecular weight is 417 g/mol. The number of carbonyl (C=O) groups is 1. The van der Waals surface area contributed by atoms with Crippen LogP contribution < -0.4 is 9.64 Å². The Hall–Kier alpha value is -3.41. The van der Waals surface area contributed by atoms with Crippen LogP contribution in [-0.4, -0.2) is 53.8 Å². The van der Waals surface area contributed by atoms with Gasteiger partial charge in [-0.1, -0.05) is 42.0 Å². The Bertz CT molecular complexity index is 1060. The molecule has 1 aliphatic rings. The van der Waals surface area contributed by atoms with Crippen LogP contribution in [0.3, 0.4) is 0 Å². The number of amides is 1. The lowest BCUT2D eigenvalue weighted by molar-refractivity contribution is -0.133. The summed E-state index contributed by atoms with van der Waals surface area (Å²) in [6, 6.07) is 18.1. The summed E-state index contributed by atoms with van der Waals surface area (Å²) >= 11 is 0. The summed E-state index contributed by atoms with van der Waals surface area (Å²) in [5.74, 6) is 1.62. The molecule has 1 aliphatic heterocycles. The van der Waals surface area contributed by atoms with E-state index >= 15 is 0 Å². The zero-order chi connectivity index (χ0) is 21.8. The summed E-state index contributed by atoms with van der Waals surface area (Å²) < 4.78 is 5.71. The van der Waals surface area contributed by atoms with Crippen molar-refractivity contribution in [3.63, 3.8) is 0 Å². The Labute approximate surface area is 183 Å². The van der Waals surface area contributed by atoms with Crippen molar-refractivity contribution in [1.82, 2.24) is 15.1 Å². The van der Waals surface area contributed by atoms with E-state index < -0.39 is 0 Å². The average Bonchev–Trinajstić information content (AvgIpc) is 2.79. The van der Waals surface area contributed by atoms with Gasteiger partial charge >= 0.3 is 0 Å². The normalized spacial score (nSPS) is 13.9. The zero-order valence-electron chi connectivity index (χ0n) is 18.3. The molecule has 0 aliphatic carbocycles. The largest absolute Gasteiger partial charge is 0.484 e. The van der Waals surface area contributed by atoms with Gasteiger partial charge in [-0.2, -0.15) is 0 Å². The number of hydrogen-bond acceptors (Lipinski definition) is 5. The molecule has 0 bridgehead atoms. The second kappa shape index (κ2) is 9.16. The summed E-state index contributed by atoms with van der Waals surface area (Å²) in [4.78, 5) is 16.6. The fourth-order valence-corrected chi connectivity index (χ4v) is 3.87. The molecule has 1 fully saturated rings. The Kier molecular flexibility index (Phi) is 6.16. The SMILES string of the molecule is Cc1ccc(-c2ccc(N3CCN(C(=O)COc4ccccc4C)CC3)nn2)c(C)c1. The monoisotopic (exact) mass is 416 g/mol. The Balaban J connectivity index is 1.32. The van der Waals surface area contributed by atoms with Crippen LogP contribution in [0.15, 0.2) is 54.6 Å². The first kappa shape index (κ1) is 20.8. The van der Waals surface area contributed by atoms with Gasteiger partial charge in [-0.05, 0) is 50.1 Å². The smallest absolute Gasteiger partial charge is 0.260 e. The highest BCUT2D eigenvalue weighted by atomic mass is 16.5. The molecule has 31 heavy (non-hydrogen) atoms. The van der Waals surface area contributed by atoms with Gasteiger partial charge in [0.2, 0.25) is 0 Å². The summed E-state index contributed by atoms with van der Waals surface area (Å²) in [5.41, 5.74) is 5.45. The van der Waals surface area contributed by atoms with Crippen molar-refractivity contribution in [1.29, 1.82) is 0 Å². The maximum absolute atomic E-state index is 12.5. The molecule has 0 N–H and O–H groups in total. The van der Waals surface area contributed by atoms with Crippen LogP contribution in [0.4, 0.5) is 5.82 Å². The Morgan fingerprint density at radius 2 is 1.68 bits per heavy atom. The van der Waals surface area contributed by atoms with Crippen molar-refractivity contribution < 1.29 is 9.53 Å². The van der Waals surface area contributed by atoms with Crippen molar-refractivity contribution in [2.24, 2.45) is 0 Å². The van der Waals surface area contributed by atoms with Crippen molar-refractivity contribution in [2.75, 3.05) is 37.7 Å². The second-order valence-corrected chi connectivity index (χ2v) is 8.02. The number of anilines is 1. The highest BCUT2D eigenvalue weighted by Gasteiger charge is 2.22. The molecule has 0 unspecified atom stereocenters. The van der Waals surface area contributed by atoms with Crippen LogP contribution in [0.2, 0.25) is 0 Å². The lowest BCUT2D eigenvalue weighted by Crippen LogP contribution is -2.50. The summed E-state index contributed by atoms with van der Waals surface area (Å²) in [6.07, 6.45) is 0. The number of ether oxygens (including phenoxy) is 1. The molecule has 3 aromatic rings. The van der Waals surface area contributed by atoms with Crippen molar-refractivity contribution in [3.8, 4) is 17.0 Å². The molecular weight excluding hydrogens is 388 g/mol. The van der Waals surface area contributed by atoms with Crippen molar-refractivity contribution in [2.45, 2.75) is 20.8 Å². The molecule has 4 rings (SSSR count). The number of aromatic nitrogens is 2. The van der Waals surface area contributed by atoms with Gasteiger partial charge in [0.05, 0.1) is 5.69 Å². The van der Waals surface area contributed by atoms with Crippen LogP contribution in [0.25, 0.3) is 11.3 Å². The van der Waals surface area contributed by atoms with Crippen LogP contribution >= 0.6 is 0 Å². The highest BCUT2D eigenvalue weighted by Crippen LogP contribution is 2.23. The Morgan fingerprint density at radius 3 is 2.35 bits per heavy atom. The van der Waals surface area contributed by atoms with E-state index in [1.54, 1.807) is 0 Å². The van der Waals surface area contributed by atoms with Gasteiger partial charge in [-0.25, -0.2) is 0 Å². The molecule has 2 heterocycles. The minimum absolute atomic E-state index is 0.0131. The lowest BCUT2D eigenvalue weighted by atomic mass is 10.0. The van der Waals surface area contributed by atoms with E-state index in [1.807, 2.05) is 48.2 Å². The lowest BCUT2D eigenvalue weighted by Gasteiger charge is -2.35. The first-order chi connectivity index (χ1) is 15.0. The van der Waals surface area contributed by atoms with Crippen LogP contribution in [0, 0.1) is 20.8 Å². The molecule has 0 radical (unpaired) electrons. The third-order valence-electron chi connectivity index (χ3n) is 5.71. The molecule has 0 spiro atoms. The van der Waals surface area contributed by atoms with E-state index in [1.165, 1.54) is 11.1 Å². The number of carbonyl (C=O) groups excluding carboxylic acids is 1. The molecule has 1 aromatic heterocycles. The first-order valence-corrected chi connectivity index (χ1v) is 10.6. The third-order valence-corrected chi connectivity index (χ3v) is 5.71. The second-order valence-electron chi connectivity index (χ2n) is 8.02. The van der Waals surface area contributed by atoms with Gasteiger partial charge in [-0.15, -0.1) is 10.2 Å². The molecule has 0 saturated carbocycles. The van der Waals surface area contributed by atoms with Gasteiger partial charge in [0.1, 0.15) is 5.75 Å². The zero-order valence-corrected chi connectivity index (χ0v) is 18.3. The van der Waals surface area contributed by atoms with E-state index in [0.717, 1.165) is 41.5 Å². The van der Waals surface area contributed by atoms with E-state index in [0.29, 0.717) is 13.1 Å². The predicted molar refractivity (Wildman–Crippen MR) is 122 cm³/mol. The van der Waals surface area contributed by atoms with E-state index in [-0.39, 0.29) is 12.5 Å². The van der Waals surface area contributed by atoms with E-state index in [9.17, 15) is 4.79 Å². The number of rotatable bonds is 5. The van der Waals surface area contributed by atoms with Crippen molar-refractivity contribution in [3.05, 3.63) is 71.3 Å². The maximum Gasteiger partial charge on any atom is 0.260 e. The summed E-state index contributed by atoms with van der Waals surface area (Å²) in [5, 5.41) is 8.89. The number of nitrogens with zero attached hydrogens (tertiary/aromatic N) is 4. The molecule has 6 nitrogen and oxygen atoms in total. The topological polar surface area (TPSA) is 58.6 Å². The van der Waals surface area contributed by atoms with Gasteiger partial charge < -0.3 is 14.5 Å². The fourth-order valence-electron chi connectivity index (χ4n) is 3.87. The van der Waals surface area contributed by atoms with Crippen LogP contribution in [0.5, 0.6) is 5.75 Å². The molecular formula is C25H28N4O2. The minimum atomic E-state index is 0.0131. The quantitative estimate of drug-likeness (QED) is 0.633. The number of aryl methyl sites for hydroxylation is 3. The molecule has 160 valence electrons. The number of para-hydroxylation sites is 1. The minimum Gasteiger partial charge on any atom is -0.484 e. The molecule has 0 atom stereocenters. The van der Waals surface area contributed by atoms with Crippen LogP contribution in [0.1, 0.15) is 16.7 Å². The van der Waals surface area contributed by atoms with Gasteiger partial charge in [0.25, 0.3) is 5.91 Å². The standard InChI is InChI=1S/C25H28N4O2/c1-18-8-9-21(20(3)16-18)22-10-11-24(27-26-22)28-12-14-29(15-13-28)25(30)17-31-23-7-5-4-6-19(23)2/h4-11,16H,12-15,17H2,1-3H3. The van der Waals surface area contributed by atoms with Gasteiger partial charge in [0.15, 0.2) is 12.4 Å². The highest BCUT2D eigenvalue weighted by molar-refractivity contribution is 5.78. The first-order valence-electron chi connectivity index (χ1n) is 10.6. The van der Waals surface area contributed by atoms with E-state index in [2.05, 4.69) is 47.1 Å². The Morgan fingerprint density at radius 1 is 0.903 bits per heavy atom. The number of hydrogen-bond donors (Lipinski definition) is 0. The molecule has 6 heteroatoms. The molecule has 1 amide bonds. The molecule has 1 saturated heterocycles. The third kappa shape index (κ3) is 4.85. The van der Waals surface area contributed by atoms with Gasteiger partial charge in [-0.3, -0.25) is 4.79 Å². The fraction of sp³-hybridized carbons (Fsp3) is 0.320. The maximum atomic E-state index is 12.5.